The molecule has 1 heterocycles. The molecule has 0 aliphatic rings. The summed E-state index contributed by atoms with van der Waals surface area (Å²) in [5, 5.41) is 4.16. The minimum Gasteiger partial charge on any atom is -0.330 e. The van der Waals surface area contributed by atoms with Crippen molar-refractivity contribution in [3.63, 3.8) is 0 Å². The van der Waals surface area contributed by atoms with Gasteiger partial charge in [0.25, 0.3) is 0 Å². The number of rotatable bonds is 4. The number of ketones is 1. The van der Waals surface area contributed by atoms with Crippen molar-refractivity contribution in [2.24, 2.45) is 5.73 Å². The summed E-state index contributed by atoms with van der Waals surface area (Å²) < 4.78 is 2.65. The van der Waals surface area contributed by atoms with Crippen molar-refractivity contribution in [2.45, 2.75) is 6.42 Å². The Morgan fingerprint density at radius 3 is 2.59 bits per heavy atom. The average molecular weight is 294 g/mol. The first-order valence-electron chi connectivity index (χ1n) is 5.24. The highest BCUT2D eigenvalue weighted by Gasteiger charge is 2.05. The van der Waals surface area contributed by atoms with Crippen molar-refractivity contribution >= 4 is 21.7 Å². The summed E-state index contributed by atoms with van der Waals surface area (Å²) in [5.74, 6) is 0.0701. The van der Waals surface area contributed by atoms with Crippen LogP contribution in [0.3, 0.4) is 0 Å². The molecule has 0 spiro atoms. The van der Waals surface area contributed by atoms with E-state index in [1.165, 1.54) is 0 Å². The minimum absolute atomic E-state index is 0.0701. The van der Waals surface area contributed by atoms with Crippen LogP contribution in [0.1, 0.15) is 16.8 Å². The average Bonchev–Trinajstić information content (AvgIpc) is 2.76. The van der Waals surface area contributed by atoms with Gasteiger partial charge in [0.2, 0.25) is 0 Å². The number of Topliss-reactive ketones (excluding diaryl/α,β-unsaturated/α-hetero) is 1. The molecule has 4 nitrogen and oxygen atoms in total. The Balaban J connectivity index is 2.21. The molecule has 0 aliphatic heterocycles. The van der Waals surface area contributed by atoms with Crippen LogP contribution < -0.4 is 5.73 Å². The van der Waals surface area contributed by atoms with Crippen LogP contribution in [0.2, 0.25) is 0 Å². The lowest BCUT2D eigenvalue weighted by Crippen LogP contribution is -2.08. The van der Waals surface area contributed by atoms with Crippen molar-refractivity contribution in [3.8, 4) is 5.69 Å². The highest BCUT2D eigenvalue weighted by molar-refractivity contribution is 9.10. The van der Waals surface area contributed by atoms with E-state index in [4.69, 9.17) is 5.73 Å². The van der Waals surface area contributed by atoms with Crippen LogP contribution in [0.4, 0.5) is 0 Å². The molecule has 0 aliphatic carbocycles. The SMILES string of the molecule is NCCC(=O)c1ccc(-n2cc(Br)cn2)cc1. The Morgan fingerprint density at radius 1 is 1.35 bits per heavy atom. The Bertz CT molecular complexity index is 519. The zero-order valence-corrected chi connectivity index (χ0v) is 10.7. The molecule has 2 N–H and O–H groups in total. The molecule has 0 unspecified atom stereocenters. The second-order valence-electron chi connectivity index (χ2n) is 3.61. The van der Waals surface area contributed by atoms with Gasteiger partial charge in [-0.15, -0.1) is 0 Å². The van der Waals surface area contributed by atoms with Crippen LogP contribution in [-0.4, -0.2) is 22.1 Å². The first-order valence-corrected chi connectivity index (χ1v) is 6.04. The molecule has 0 radical (unpaired) electrons. The number of hydrogen-bond acceptors (Lipinski definition) is 3. The third-order valence-corrected chi connectivity index (χ3v) is 2.79. The largest absolute Gasteiger partial charge is 0.330 e. The number of aromatic nitrogens is 2. The van der Waals surface area contributed by atoms with Gasteiger partial charge in [-0.1, -0.05) is 0 Å². The van der Waals surface area contributed by atoms with E-state index in [-0.39, 0.29) is 5.78 Å². The molecule has 5 heteroatoms. The van der Waals surface area contributed by atoms with Crippen LogP contribution in [0.15, 0.2) is 41.1 Å². The van der Waals surface area contributed by atoms with E-state index in [2.05, 4.69) is 21.0 Å². The van der Waals surface area contributed by atoms with Crippen molar-refractivity contribution in [3.05, 3.63) is 46.7 Å². The number of benzene rings is 1. The fraction of sp³-hybridized carbons (Fsp3) is 0.167. The second-order valence-corrected chi connectivity index (χ2v) is 4.53. The normalized spacial score (nSPS) is 10.5. The second kappa shape index (κ2) is 5.25. The van der Waals surface area contributed by atoms with Gasteiger partial charge >= 0.3 is 0 Å². The summed E-state index contributed by atoms with van der Waals surface area (Å²) in [4.78, 5) is 11.6. The van der Waals surface area contributed by atoms with Crippen molar-refractivity contribution in [1.82, 2.24) is 9.78 Å². The quantitative estimate of drug-likeness (QED) is 0.879. The summed E-state index contributed by atoms with van der Waals surface area (Å²) >= 11 is 3.34. The summed E-state index contributed by atoms with van der Waals surface area (Å²) in [6.45, 7) is 0.382. The predicted molar refractivity (Wildman–Crippen MR) is 69.3 cm³/mol. The number of halogens is 1. The molecule has 1 aromatic carbocycles. The molecule has 1 aromatic heterocycles. The topological polar surface area (TPSA) is 60.9 Å². The van der Waals surface area contributed by atoms with E-state index in [9.17, 15) is 4.79 Å². The molecular formula is C12H12BrN3O. The molecule has 17 heavy (non-hydrogen) atoms. The number of carbonyl (C=O) groups is 1. The summed E-state index contributed by atoms with van der Waals surface area (Å²) in [6.07, 6.45) is 3.96. The van der Waals surface area contributed by atoms with Gasteiger partial charge in [0, 0.05) is 18.2 Å². The predicted octanol–water partition coefficient (Wildman–Crippen LogP) is 2.17. The van der Waals surface area contributed by atoms with Gasteiger partial charge in [-0.05, 0) is 46.7 Å². The number of nitrogens with two attached hydrogens (primary N) is 1. The molecule has 2 rings (SSSR count). The lowest BCUT2D eigenvalue weighted by Gasteiger charge is -2.03. The van der Waals surface area contributed by atoms with Gasteiger partial charge in [-0.2, -0.15) is 5.10 Å². The van der Waals surface area contributed by atoms with E-state index < -0.39 is 0 Å². The maximum absolute atomic E-state index is 11.6. The smallest absolute Gasteiger partial charge is 0.164 e. The zero-order chi connectivity index (χ0) is 12.3. The Morgan fingerprint density at radius 2 is 2.06 bits per heavy atom. The molecular weight excluding hydrogens is 282 g/mol. The third kappa shape index (κ3) is 2.81. The monoisotopic (exact) mass is 293 g/mol. The van der Waals surface area contributed by atoms with Crippen LogP contribution in [0, 0.1) is 0 Å². The molecule has 0 atom stereocenters. The number of carbonyl (C=O) groups excluding carboxylic acids is 1. The summed E-state index contributed by atoms with van der Waals surface area (Å²) in [6, 6.07) is 7.32. The first-order chi connectivity index (χ1) is 8.20. The molecule has 2 aromatic rings. The van der Waals surface area contributed by atoms with Gasteiger partial charge in [0.05, 0.1) is 16.4 Å². The van der Waals surface area contributed by atoms with Crippen LogP contribution >= 0.6 is 15.9 Å². The fourth-order valence-corrected chi connectivity index (χ4v) is 1.80. The van der Waals surface area contributed by atoms with Gasteiger partial charge < -0.3 is 5.73 Å². The summed E-state index contributed by atoms with van der Waals surface area (Å²) in [5.41, 5.74) is 6.95. The van der Waals surface area contributed by atoms with Crippen LogP contribution in [0.25, 0.3) is 5.69 Å². The fourth-order valence-electron chi connectivity index (χ4n) is 1.52. The molecule has 0 saturated heterocycles. The minimum atomic E-state index is 0.0701. The van der Waals surface area contributed by atoms with Crippen molar-refractivity contribution in [2.75, 3.05) is 6.54 Å². The van der Waals surface area contributed by atoms with Gasteiger partial charge in [-0.3, -0.25) is 4.79 Å². The van der Waals surface area contributed by atoms with E-state index in [0.29, 0.717) is 18.5 Å². The highest BCUT2D eigenvalue weighted by Crippen LogP contribution is 2.13. The number of hydrogen-bond donors (Lipinski definition) is 1. The van der Waals surface area contributed by atoms with E-state index in [1.54, 1.807) is 23.0 Å². The lowest BCUT2D eigenvalue weighted by atomic mass is 10.1. The maximum Gasteiger partial charge on any atom is 0.164 e. The van der Waals surface area contributed by atoms with Gasteiger partial charge in [0.1, 0.15) is 0 Å². The Hall–Kier alpha value is -1.46. The molecule has 88 valence electrons. The Kier molecular flexibility index (Phi) is 3.71. The lowest BCUT2D eigenvalue weighted by molar-refractivity contribution is 0.0985. The van der Waals surface area contributed by atoms with Gasteiger partial charge in [-0.25, -0.2) is 4.68 Å². The van der Waals surface area contributed by atoms with E-state index in [1.807, 2.05) is 18.3 Å². The van der Waals surface area contributed by atoms with Crippen LogP contribution in [-0.2, 0) is 0 Å². The van der Waals surface area contributed by atoms with E-state index in [0.717, 1.165) is 10.2 Å². The standard InChI is InChI=1S/C12H12BrN3O/c13-10-7-15-16(8-10)11-3-1-9(2-4-11)12(17)5-6-14/h1-4,7-8H,5-6,14H2. The third-order valence-electron chi connectivity index (χ3n) is 2.38. The molecule has 0 amide bonds. The highest BCUT2D eigenvalue weighted by atomic mass is 79.9. The zero-order valence-electron chi connectivity index (χ0n) is 9.14. The maximum atomic E-state index is 11.6. The molecule has 0 saturated carbocycles. The van der Waals surface area contributed by atoms with Crippen molar-refractivity contribution < 1.29 is 4.79 Å². The van der Waals surface area contributed by atoms with Crippen molar-refractivity contribution in [1.29, 1.82) is 0 Å². The Labute approximate surface area is 108 Å². The van der Waals surface area contributed by atoms with Gasteiger partial charge in [0.15, 0.2) is 5.78 Å². The number of nitrogens with zero attached hydrogens (tertiary/aromatic N) is 2. The molecule has 0 bridgehead atoms. The first kappa shape index (κ1) is 12.0. The molecule has 0 fully saturated rings. The van der Waals surface area contributed by atoms with E-state index >= 15 is 0 Å². The van der Waals surface area contributed by atoms with Crippen LogP contribution in [0.5, 0.6) is 0 Å². The summed E-state index contributed by atoms with van der Waals surface area (Å²) in [7, 11) is 0.